The number of nitrogens with two attached hydrogens (primary N) is 2. The number of nitrogens with one attached hydrogen (secondary N) is 4. The Balaban J connectivity index is 2.25. The Morgan fingerprint density at radius 1 is 0.917 bits per heavy atom. The van der Waals surface area contributed by atoms with Gasteiger partial charge in [-0.25, -0.2) is 0 Å². The molecule has 0 radical (unpaired) electrons. The van der Waals surface area contributed by atoms with Crippen molar-refractivity contribution in [3.63, 3.8) is 0 Å². The molecule has 1 aromatic carbocycles. The monoisotopic (exact) mass is 504 g/mol. The standard InChI is InChI=1S/C22H28N6O8/c23-13(8-17(24)29)20(34)27-15(5-6-18(30)31)22(36)28-16(21(35)26-10-19(32)33)7-11-9-25-14-4-2-1-3-12(11)14/h1-4,9,13,15-16,25H,5-8,10,23H2,(H2,24,29)(H,26,35)(H,27,34)(H,28,36)(H,30,31)(H,32,33). The van der Waals surface area contributed by atoms with Crippen LogP contribution in [0.4, 0.5) is 0 Å². The second-order valence-electron chi connectivity index (χ2n) is 8.01. The van der Waals surface area contributed by atoms with E-state index in [0.29, 0.717) is 5.56 Å². The number of rotatable bonds is 14. The van der Waals surface area contributed by atoms with E-state index in [4.69, 9.17) is 21.7 Å². The molecule has 3 atom stereocenters. The minimum absolute atomic E-state index is 0.0397. The third-order valence-electron chi connectivity index (χ3n) is 5.18. The maximum atomic E-state index is 13.0. The van der Waals surface area contributed by atoms with Gasteiger partial charge >= 0.3 is 11.9 Å². The molecule has 194 valence electrons. The lowest BCUT2D eigenvalue weighted by atomic mass is 10.0. The molecule has 0 spiro atoms. The number of carbonyl (C=O) groups is 6. The number of aromatic nitrogens is 1. The summed E-state index contributed by atoms with van der Waals surface area (Å²) < 4.78 is 0. The molecule has 36 heavy (non-hydrogen) atoms. The number of benzene rings is 1. The van der Waals surface area contributed by atoms with Crippen LogP contribution in [-0.2, 0) is 35.2 Å². The SMILES string of the molecule is NC(=O)CC(N)C(=O)NC(CCC(=O)O)C(=O)NC(Cc1c[nH]c2ccccc12)C(=O)NCC(=O)O. The van der Waals surface area contributed by atoms with Crippen LogP contribution in [0.2, 0.25) is 0 Å². The lowest BCUT2D eigenvalue weighted by Crippen LogP contribution is -2.56. The summed E-state index contributed by atoms with van der Waals surface area (Å²) in [6.07, 6.45) is 0.261. The summed E-state index contributed by atoms with van der Waals surface area (Å²) in [7, 11) is 0. The molecule has 4 amide bonds. The van der Waals surface area contributed by atoms with Gasteiger partial charge < -0.3 is 42.6 Å². The highest BCUT2D eigenvalue weighted by Crippen LogP contribution is 2.19. The molecule has 0 saturated heterocycles. The summed E-state index contributed by atoms with van der Waals surface area (Å²) in [4.78, 5) is 74.1. The highest BCUT2D eigenvalue weighted by atomic mass is 16.4. The van der Waals surface area contributed by atoms with Crippen LogP contribution in [0.15, 0.2) is 30.5 Å². The van der Waals surface area contributed by atoms with Crippen LogP contribution in [0.3, 0.4) is 0 Å². The molecule has 14 heteroatoms. The van der Waals surface area contributed by atoms with Gasteiger partial charge in [0.1, 0.15) is 18.6 Å². The quantitative estimate of drug-likeness (QED) is 0.141. The number of para-hydroxylation sites is 1. The van der Waals surface area contributed by atoms with Crippen molar-refractivity contribution in [3.8, 4) is 0 Å². The molecule has 10 N–H and O–H groups in total. The van der Waals surface area contributed by atoms with Gasteiger partial charge in [0.2, 0.25) is 23.6 Å². The highest BCUT2D eigenvalue weighted by molar-refractivity contribution is 5.95. The van der Waals surface area contributed by atoms with E-state index in [1.807, 2.05) is 6.07 Å². The van der Waals surface area contributed by atoms with E-state index in [0.717, 1.165) is 10.9 Å². The molecule has 0 aliphatic rings. The zero-order valence-electron chi connectivity index (χ0n) is 19.2. The Hall–Kier alpha value is -4.46. The highest BCUT2D eigenvalue weighted by Gasteiger charge is 2.29. The van der Waals surface area contributed by atoms with E-state index in [9.17, 15) is 28.8 Å². The van der Waals surface area contributed by atoms with Gasteiger partial charge in [-0.2, -0.15) is 0 Å². The van der Waals surface area contributed by atoms with E-state index < -0.39 is 73.1 Å². The fraction of sp³-hybridized carbons (Fsp3) is 0.364. The summed E-state index contributed by atoms with van der Waals surface area (Å²) in [5, 5.41) is 25.6. The van der Waals surface area contributed by atoms with Crippen molar-refractivity contribution in [2.24, 2.45) is 11.5 Å². The third-order valence-corrected chi connectivity index (χ3v) is 5.18. The molecule has 1 heterocycles. The van der Waals surface area contributed by atoms with Crippen LogP contribution in [-0.4, -0.2) is 75.4 Å². The van der Waals surface area contributed by atoms with Gasteiger partial charge in [0.05, 0.1) is 12.5 Å². The average Bonchev–Trinajstić information content (AvgIpc) is 3.21. The molecule has 2 aromatic rings. The molecule has 0 saturated carbocycles. The number of hydrogen-bond acceptors (Lipinski definition) is 7. The lowest BCUT2D eigenvalue weighted by molar-refractivity contribution is -0.138. The van der Waals surface area contributed by atoms with Crippen molar-refractivity contribution in [2.45, 2.75) is 43.8 Å². The molecule has 0 aliphatic carbocycles. The van der Waals surface area contributed by atoms with Crippen molar-refractivity contribution in [3.05, 3.63) is 36.0 Å². The van der Waals surface area contributed by atoms with E-state index in [2.05, 4.69) is 20.9 Å². The Morgan fingerprint density at radius 2 is 1.58 bits per heavy atom. The number of carbonyl (C=O) groups excluding carboxylic acids is 4. The summed E-state index contributed by atoms with van der Waals surface area (Å²) >= 11 is 0. The first kappa shape index (κ1) is 27.8. The number of hydrogen-bond donors (Lipinski definition) is 8. The second-order valence-corrected chi connectivity index (χ2v) is 8.01. The number of carboxylic acids is 2. The summed E-state index contributed by atoms with van der Waals surface area (Å²) in [6.45, 7) is -0.694. The lowest BCUT2D eigenvalue weighted by Gasteiger charge is -2.23. The largest absolute Gasteiger partial charge is 0.481 e. The first-order valence-electron chi connectivity index (χ1n) is 10.9. The number of primary amides is 1. The molecule has 1 aromatic heterocycles. The van der Waals surface area contributed by atoms with Crippen molar-refractivity contribution in [1.82, 2.24) is 20.9 Å². The Morgan fingerprint density at radius 3 is 2.22 bits per heavy atom. The Bertz CT molecular complexity index is 1150. The predicted molar refractivity (Wildman–Crippen MR) is 125 cm³/mol. The van der Waals surface area contributed by atoms with E-state index >= 15 is 0 Å². The summed E-state index contributed by atoms with van der Waals surface area (Å²) in [5.41, 5.74) is 12.1. The van der Waals surface area contributed by atoms with Gasteiger partial charge in [-0.1, -0.05) is 18.2 Å². The average molecular weight is 505 g/mol. The van der Waals surface area contributed by atoms with Crippen LogP contribution in [0.5, 0.6) is 0 Å². The number of carboxylic acid groups (broad SMARTS) is 2. The number of fused-ring (bicyclic) bond motifs is 1. The van der Waals surface area contributed by atoms with Crippen LogP contribution < -0.4 is 27.4 Å². The predicted octanol–water partition coefficient (Wildman–Crippen LogP) is -2.05. The fourth-order valence-electron chi connectivity index (χ4n) is 3.41. The summed E-state index contributed by atoms with van der Waals surface area (Å²) in [5.74, 6) is -5.99. The van der Waals surface area contributed by atoms with Crippen LogP contribution in [0.1, 0.15) is 24.8 Å². The first-order chi connectivity index (χ1) is 17.0. The van der Waals surface area contributed by atoms with Gasteiger partial charge in [0.25, 0.3) is 0 Å². The van der Waals surface area contributed by atoms with E-state index in [1.165, 1.54) is 0 Å². The number of aliphatic carboxylic acids is 2. The molecule has 14 nitrogen and oxygen atoms in total. The molecule has 3 unspecified atom stereocenters. The van der Waals surface area contributed by atoms with Gasteiger partial charge in [-0.05, 0) is 18.1 Å². The molecular formula is C22H28N6O8. The first-order valence-corrected chi connectivity index (χ1v) is 10.9. The minimum atomic E-state index is -1.41. The normalized spacial score (nSPS) is 13.2. The maximum Gasteiger partial charge on any atom is 0.322 e. The van der Waals surface area contributed by atoms with Crippen molar-refractivity contribution < 1.29 is 39.0 Å². The number of H-pyrrole nitrogens is 1. The molecule has 0 aliphatic heterocycles. The fourth-order valence-corrected chi connectivity index (χ4v) is 3.41. The Labute approximate surface area is 204 Å². The van der Waals surface area contributed by atoms with Gasteiger partial charge in [0.15, 0.2) is 0 Å². The molecule has 0 bridgehead atoms. The molecule has 0 fully saturated rings. The smallest absolute Gasteiger partial charge is 0.322 e. The van der Waals surface area contributed by atoms with Crippen LogP contribution in [0.25, 0.3) is 10.9 Å². The molecular weight excluding hydrogens is 476 g/mol. The van der Waals surface area contributed by atoms with Crippen LogP contribution >= 0.6 is 0 Å². The number of amides is 4. The second kappa shape index (κ2) is 12.9. The van der Waals surface area contributed by atoms with Crippen molar-refractivity contribution in [2.75, 3.05) is 6.54 Å². The van der Waals surface area contributed by atoms with Gasteiger partial charge in [-0.3, -0.25) is 28.8 Å². The maximum absolute atomic E-state index is 13.0. The van der Waals surface area contributed by atoms with Crippen LogP contribution in [0, 0.1) is 0 Å². The van der Waals surface area contributed by atoms with E-state index in [-0.39, 0.29) is 12.8 Å². The minimum Gasteiger partial charge on any atom is -0.481 e. The van der Waals surface area contributed by atoms with Gasteiger partial charge in [0, 0.05) is 29.9 Å². The zero-order valence-corrected chi connectivity index (χ0v) is 19.2. The van der Waals surface area contributed by atoms with E-state index in [1.54, 1.807) is 24.4 Å². The van der Waals surface area contributed by atoms with Crippen molar-refractivity contribution in [1.29, 1.82) is 0 Å². The number of aromatic amines is 1. The van der Waals surface area contributed by atoms with Gasteiger partial charge in [-0.15, -0.1) is 0 Å². The topological polar surface area (TPSA) is 247 Å². The summed E-state index contributed by atoms with van der Waals surface area (Å²) in [6, 6.07) is 3.15. The third kappa shape index (κ3) is 8.39. The Kier molecular flexibility index (Phi) is 9.92. The van der Waals surface area contributed by atoms with Crippen molar-refractivity contribution >= 4 is 46.5 Å². The molecule has 2 rings (SSSR count). The zero-order chi connectivity index (χ0) is 26.8.